The zero-order chi connectivity index (χ0) is 17.9. The molecule has 26 heavy (non-hydrogen) atoms. The molecule has 4 rings (SSSR count). The highest BCUT2D eigenvalue weighted by Gasteiger charge is 2.18. The zero-order valence-corrected chi connectivity index (χ0v) is 14.3. The van der Waals surface area contributed by atoms with Crippen LogP contribution in [0.25, 0.3) is 16.5 Å². The van der Waals surface area contributed by atoms with E-state index >= 15 is 0 Å². The zero-order valence-electron chi connectivity index (χ0n) is 13.4. The van der Waals surface area contributed by atoms with Gasteiger partial charge >= 0.3 is 0 Å². The summed E-state index contributed by atoms with van der Waals surface area (Å²) in [6, 6.07) is 22.4. The van der Waals surface area contributed by atoms with Crippen LogP contribution in [0.4, 0.5) is 0 Å². The van der Waals surface area contributed by atoms with Crippen LogP contribution in [0, 0.1) is 4.91 Å². The molecule has 126 valence electrons. The van der Waals surface area contributed by atoms with Crippen molar-refractivity contribution < 1.29 is 4.79 Å². The first kappa shape index (κ1) is 16.0. The van der Waals surface area contributed by atoms with E-state index in [2.05, 4.69) is 15.5 Å². The van der Waals surface area contributed by atoms with E-state index in [1.54, 1.807) is 6.07 Å². The molecule has 0 fully saturated rings. The highest BCUT2D eigenvalue weighted by Crippen LogP contribution is 2.22. The topological polar surface area (TPSA) is 76.7 Å². The van der Waals surface area contributed by atoms with Crippen LogP contribution in [0.15, 0.2) is 83.2 Å². The van der Waals surface area contributed by atoms with Crippen molar-refractivity contribution in [1.29, 1.82) is 0 Å². The smallest absolute Gasteiger partial charge is 0.237 e. The molecule has 0 spiro atoms. The van der Waals surface area contributed by atoms with Gasteiger partial charge in [0.05, 0.1) is 11.0 Å². The summed E-state index contributed by atoms with van der Waals surface area (Å²) in [6.45, 7) is 0. The molecule has 0 bridgehead atoms. The van der Waals surface area contributed by atoms with E-state index < -0.39 is 0 Å². The summed E-state index contributed by atoms with van der Waals surface area (Å²) in [7, 11) is 0. The molecule has 0 aliphatic carbocycles. The van der Waals surface area contributed by atoms with Crippen molar-refractivity contribution in [1.82, 2.24) is 9.78 Å². The number of nitrogens with zero attached hydrogens (tertiary/aromatic N) is 4. The number of para-hydroxylation sites is 1. The van der Waals surface area contributed by atoms with E-state index in [-0.39, 0.29) is 15.6 Å². The summed E-state index contributed by atoms with van der Waals surface area (Å²) < 4.78 is 1.45. The minimum absolute atomic E-state index is 0.219. The molecule has 0 N–H and O–H groups in total. The Hall–Kier alpha value is -3.45. The van der Waals surface area contributed by atoms with E-state index in [4.69, 9.17) is 0 Å². The molecule has 1 heterocycles. The Bertz CT molecular complexity index is 1170. The molecule has 0 saturated carbocycles. The van der Waals surface area contributed by atoms with Crippen LogP contribution >= 0.6 is 11.3 Å². The van der Waals surface area contributed by atoms with Crippen molar-refractivity contribution in [2.75, 3.05) is 0 Å². The SMILES string of the molecule is O=N/N=c1\sc(C(=O)c2cccc3ccccc23)nn1-c1ccccc1. The van der Waals surface area contributed by atoms with Gasteiger partial charge in [0.1, 0.15) is 0 Å². The maximum Gasteiger partial charge on any atom is 0.237 e. The van der Waals surface area contributed by atoms with Crippen molar-refractivity contribution in [2.24, 2.45) is 10.4 Å². The molecule has 0 saturated heterocycles. The molecular weight excluding hydrogens is 348 g/mol. The average molecular weight is 360 g/mol. The Morgan fingerprint density at radius 2 is 1.65 bits per heavy atom. The van der Waals surface area contributed by atoms with Crippen molar-refractivity contribution in [2.45, 2.75) is 0 Å². The Balaban J connectivity index is 1.87. The van der Waals surface area contributed by atoms with E-state index in [9.17, 15) is 9.70 Å². The molecule has 4 aromatic rings. The van der Waals surface area contributed by atoms with E-state index in [1.165, 1.54) is 4.68 Å². The second kappa shape index (κ2) is 6.81. The minimum Gasteiger partial charge on any atom is -0.286 e. The third-order valence-electron chi connectivity index (χ3n) is 3.92. The fourth-order valence-electron chi connectivity index (χ4n) is 2.75. The third-order valence-corrected chi connectivity index (χ3v) is 4.81. The molecule has 0 unspecified atom stereocenters. The number of aromatic nitrogens is 2. The summed E-state index contributed by atoms with van der Waals surface area (Å²) in [5, 5.41) is 12.6. The van der Waals surface area contributed by atoms with Crippen molar-refractivity contribution in [3.8, 4) is 5.69 Å². The largest absolute Gasteiger partial charge is 0.286 e. The Kier molecular flexibility index (Phi) is 4.20. The fraction of sp³-hybridized carbons (Fsp3) is 0. The molecule has 3 aromatic carbocycles. The standard InChI is InChI=1S/C19H12N4O2S/c24-17(16-12-6-8-13-7-4-5-11-15(13)16)18-21-23(19(26-18)20-22-25)14-9-2-1-3-10-14/h1-12H/b20-19-. The lowest BCUT2D eigenvalue weighted by molar-refractivity contribution is 0.103. The lowest BCUT2D eigenvalue weighted by Gasteiger charge is -2.03. The lowest BCUT2D eigenvalue weighted by Crippen LogP contribution is -2.13. The number of hydrogen-bond acceptors (Lipinski definition) is 5. The van der Waals surface area contributed by atoms with Gasteiger partial charge in [-0.05, 0) is 22.9 Å². The second-order valence-electron chi connectivity index (χ2n) is 5.47. The normalized spacial score (nSPS) is 11.6. The molecule has 0 atom stereocenters. The van der Waals surface area contributed by atoms with Crippen LogP contribution in [-0.2, 0) is 0 Å². The molecule has 0 radical (unpaired) electrons. The van der Waals surface area contributed by atoms with Gasteiger partial charge in [-0.15, -0.1) is 4.91 Å². The number of carbonyl (C=O) groups excluding carboxylic acids is 1. The van der Waals surface area contributed by atoms with Gasteiger partial charge < -0.3 is 0 Å². The van der Waals surface area contributed by atoms with E-state index in [0.29, 0.717) is 11.3 Å². The number of benzene rings is 3. The van der Waals surface area contributed by atoms with Crippen LogP contribution in [0.1, 0.15) is 15.4 Å². The lowest BCUT2D eigenvalue weighted by atomic mass is 10.0. The summed E-state index contributed by atoms with van der Waals surface area (Å²) in [5.74, 6) is -0.219. The molecule has 0 aliphatic heterocycles. The van der Waals surface area contributed by atoms with Crippen molar-refractivity contribution in [3.63, 3.8) is 0 Å². The maximum atomic E-state index is 13.0. The van der Waals surface area contributed by atoms with Crippen LogP contribution < -0.4 is 4.80 Å². The second-order valence-corrected chi connectivity index (χ2v) is 6.43. The summed E-state index contributed by atoms with van der Waals surface area (Å²) in [5.41, 5.74) is 1.26. The number of hydrogen-bond donors (Lipinski definition) is 0. The van der Waals surface area contributed by atoms with Gasteiger partial charge in [0.15, 0.2) is 5.01 Å². The first-order valence-electron chi connectivity index (χ1n) is 7.82. The van der Waals surface area contributed by atoms with Gasteiger partial charge in [-0.2, -0.15) is 5.10 Å². The highest BCUT2D eigenvalue weighted by molar-refractivity contribution is 7.11. The van der Waals surface area contributed by atoms with Crippen LogP contribution in [-0.4, -0.2) is 15.6 Å². The van der Waals surface area contributed by atoms with Crippen LogP contribution in [0.2, 0.25) is 0 Å². The molecule has 0 amide bonds. The van der Waals surface area contributed by atoms with Crippen LogP contribution in [0.3, 0.4) is 0 Å². The number of nitroso groups, excluding NO2 is 1. The molecule has 6 nitrogen and oxygen atoms in total. The predicted molar refractivity (Wildman–Crippen MR) is 100 cm³/mol. The van der Waals surface area contributed by atoms with Gasteiger partial charge in [0.2, 0.25) is 10.6 Å². The Labute approximate surface area is 152 Å². The highest BCUT2D eigenvalue weighted by atomic mass is 32.1. The first-order valence-corrected chi connectivity index (χ1v) is 8.64. The maximum absolute atomic E-state index is 13.0. The summed E-state index contributed by atoms with van der Waals surface area (Å²) >= 11 is 1.03. The fourth-order valence-corrected chi connectivity index (χ4v) is 3.55. The van der Waals surface area contributed by atoms with Crippen molar-refractivity contribution in [3.05, 3.63) is 93.1 Å². The van der Waals surface area contributed by atoms with Gasteiger partial charge in [-0.25, -0.2) is 4.68 Å². The number of ketones is 1. The van der Waals surface area contributed by atoms with E-state index in [0.717, 1.165) is 22.1 Å². The van der Waals surface area contributed by atoms with Gasteiger partial charge in [-0.3, -0.25) is 4.79 Å². The Morgan fingerprint density at radius 3 is 2.46 bits per heavy atom. The first-order chi connectivity index (χ1) is 12.8. The molecular formula is C19H12N4O2S. The Morgan fingerprint density at radius 1 is 0.923 bits per heavy atom. The molecule has 1 aromatic heterocycles. The monoisotopic (exact) mass is 360 g/mol. The van der Waals surface area contributed by atoms with Gasteiger partial charge in [0.25, 0.3) is 0 Å². The molecule has 0 aliphatic rings. The van der Waals surface area contributed by atoms with E-state index in [1.807, 2.05) is 66.7 Å². The number of fused-ring (bicyclic) bond motifs is 1. The van der Waals surface area contributed by atoms with Crippen molar-refractivity contribution >= 4 is 27.9 Å². The van der Waals surface area contributed by atoms with Gasteiger partial charge in [-0.1, -0.05) is 77.1 Å². The average Bonchev–Trinajstić information content (AvgIpc) is 3.12. The molecule has 7 heteroatoms. The number of rotatable bonds is 4. The third kappa shape index (κ3) is 2.84. The summed E-state index contributed by atoms with van der Waals surface area (Å²) in [6.07, 6.45) is 0. The van der Waals surface area contributed by atoms with Gasteiger partial charge in [0, 0.05) is 5.56 Å². The summed E-state index contributed by atoms with van der Waals surface area (Å²) in [4.78, 5) is 23.9. The number of carbonyl (C=O) groups is 1. The predicted octanol–water partition coefficient (Wildman–Crippen LogP) is 3.90. The van der Waals surface area contributed by atoms with Crippen LogP contribution in [0.5, 0.6) is 0 Å². The quantitative estimate of drug-likeness (QED) is 0.315. The minimum atomic E-state index is -0.219.